The molecule has 1 amide bonds. The van der Waals surface area contributed by atoms with Gasteiger partial charge in [-0.15, -0.1) is 0 Å². The van der Waals surface area contributed by atoms with E-state index in [1.54, 1.807) is 22.8 Å². The van der Waals surface area contributed by atoms with Crippen molar-refractivity contribution in [1.82, 2.24) is 19.9 Å². The first kappa shape index (κ1) is 16.3. The molecular weight excluding hydrogens is 337 g/mol. The van der Waals surface area contributed by atoms with Gasteiger partial charge in [-0.25, -0.2) is 13.9 Å². The quantitative estimate of drug-likeness (QED) is 0.669. The molecule has 0 spiro atoms. The Hall–Kier alpha value is -3.16. The van der Waals surface area contributed by atoms with Crippen molar-refractivity contribution in [2.75, 3.05) is 25.1 Å². The second-order valence-electron chi connectivity index (χ2n) is 6.19. The number of benzene rings is 1. The Morgan fingerprint density at radius 3 is 3.04 bits per heavy atom. The summed E-state index contributed by atoms with van der Waals surface area (Å²) in [5.74, 6) is 0.645. The molecule has 3 heterocycles. The van der Waals surface area contributed by atoms with E-state index in [-0.39, 0.29) is 24.4 Å². The van der Waals surface area contributed by atoms with E-state index in [4.69, 9.17) is 4.74 Å². The molecule has 0 radical (unpaired) electrons. The number of carbonyl (C=O) groups excluding carboxylic acids is 1. The van der Waals surface area contributed by atoms with E-state index < -0.39 is 0 Å². The molecule has 26 heavy (non-hydrogen) atoms. The molecule has 0 saturated heterocycles. The summed E-state index contributed by atoms with van der Waals surface area (Å²) in [5, 5.41) is 6.96. The number of rotatable bonds is 0. The first-order valence-electron chi connectivity index (χ1n) is 8.32. The van der Waals surface area contributed by atoms with Gasteiger partial charge < -0.3 is 15.0 Å². The fourth-order valence-electron chi connectivity index (χ4n) is 3.02. The van der Waals surface area contributed by atoms with Crippen molar-refractivity contribution in [3.63, 3.8) is 0 Å². The molecule has 2 aromatic heterocycles. The minimum absolute atomic E-state index is 0.188. The van der Waals surface area contributed by atoms with Crippen LogP contribution in [0.15, 0.2) is 36.7 Å². The number of nitrogens with one attached hydrogen (secondary N) is 1. The lowest BCUT2D eigenvalue weighted by atomic mass is 10.1. The van der Waals surface area contributed by atoms with E-state index >= 15 is 0 Å². The van der Waals surface area contributed by atoms with E-state index in [1.165, 1.54) is 18.3 Å². The van der Waals surface area contributed by atoms with Gasteiger partial charge in [-0.1, -0.05) is 0 Å². The van der Waals surface area contributed by atoms with Crippen molar-refractivity contribution < 1.29 is 13.9 Å². The second kappa shape index (κ2) is 6.29. The first-order chi connectivity index (χ1) is 12.5. The number of halogens is 1. The molecule has 1 aliphatic rings. The Morgan fingerprint density at radius 1 is 1.35 bits per heavy atom. The van der Waals surface area contributed by atoms with Crippen LogP contribution in [0.1, 0.15) is 28.9 Å². The van der Waals surface area contributed by atoms with Gasteiger partial charge in [-0.3, -0.25) is 4.79 Å². The molecule has 0 saturated carbocycles. The normalized spacial score (nSPS) is 17.7. The lowest BCUT2D eigenvalue weighted by molar-refractivity contribution is 0.0948. The van der Waals surface area contributed by atoms with Crippen LogP contribution >= 0.6 is 0 Å². The Labute approximate surface area is 149 Å². The van der Waals surface area contributed by atoms with Crippen LogP contribution in [0.3, 0.4) is 0 Å². The van der Waals surface area contributed by atoms with Gasteiger partial charge in [0.15, 0.2) is 5.65 Å². The van der Waals surface area contributed by atoms with Gasteiger partial charge in [0, 0.05) is 18.8 Å². The summed E-state index contributed by atoms with van der Waals surface area (Å²) in [5.41, 5.74) is 1.59. The zero-order valence-electron chi connectivity index (χ0n) is 14.4. The summed E-state index contributed by atoms with van der Waals surface area (Å²) in [4.78, 5) is 18.9. The zero-order valence-corrected chi connectivity index (χ0v) is 14.4. The average Bonchev–Trinajstić information content (AvgIpc) is 3.07. The van der Waals surface area contributed by atoms with Crippen molar-refractivity contribution >= 4 is 17.4 Å². The van der Waals surface area contributed by atoms with Crippen molar-refractivity contribution in [2.45, 2.75) is 13.0 Å². The lowest BCUT2D eigenvalue weighted by Gasteiger charge is -2.27. The molecule has 2 bridgehead atoms. The van der Waals surface area contributed by atoms with Crippen LogP contribution in [0.5, 0.6) is 5.75 Å². The molecule has 1 aromatic carbocycles. The standard InChI is InChI=1S/C18H18FN5O2/c1-11-13-9-12(19)3-4-15(13)26-8-6-20-18(25)14-10-21-24-7-5-16(23(11)2)22-17(14)24/h3-5,7,9-11H,6,8H2,1-2H3,(H,20,25). The van der Waals surface area contributed by atoms with Crippen LogP contribution in [-0.2, 0) is 0 Å². The zero-order chi connectivity index (χ0) is 18.3. The summed E-state index contributed by atoms with van der Waals surface area (Å²) in [7, 11) is 1.87. The smallest absolute Gasteiger partial charge is 0.256 e. The van der Waals surface area contributed by atoms with E-state index in [0.29, 0.717) is 34.9 Å². The molecule has 1 N–H and O–H groups in total. The summed E-state index contributed by atoms with van der Waals surface area (Å²) in [6, 6.07) is 6.06. The van der Waals surface area contributed by atoms with Gasteiger partial charge in [0.2, 0.25) is 0 Å². The number of hydrogen-bond acceptors (Lipinski definition) is 5. The maximum atomic E-state index is 13.8. The predicted octanol–water partition coefficient (Wildman–Crippen LogP) is 2.19. The summed E-state index contributed by atoms with van der Waals surface area (Å²) in [6.45, 7) is 2.54. The number of ether oxygens (including phenoxy) is 1. The topological polar surface area (TPSA) is 71.8 Å². The monoisotopic (exact) mass is 355 g/mol. The highest BCUT2D eigenvalue weighted by atomic mass is 19.1. The SMILES string of the molecule is CC1c2cc(F)ccc2OCCNC(=O)c2cnn3ccc(nc23)N1C. The summed E-state index contributed by atoms with van der Waals surface area (Å²) < 4.78 is 21.2. The number of carbonyl (C=O) groups is 1. The van der Waals surface area contributed by atoms with E-state index in [9.17, 15) is 9.18 Å². The minimum Gasteiger partial charge on any atom is -0.491 e. The van der Waals surface area contributed by atoms with Gasteiger partial charge in [-0.05, 0) is 31.2 Å². The number of anilines is 1. The Bertz CT molecular complexity index is 987. The molecule has 0 aliphatic carbocycles. The van der Waals surface area contributed by atoms with Crippen molar-refractivity contribution in [2.24, 2.45) is 0 Å². The molecule has 8 heteroatoms. The third-order valence-corrected chi connectivity index (χ3v) is 4.61. The third-order valence-electron chi connectivity index (χ3n) is 4.61. The Balaban J connectivity index is 1.85. The maximum Gasteiger partial charge on any atom is 0.256 e. The highest BCUT2D eigenvalue weighted by molar-refractivity contribution is 5.99. The Morgan fingerprint density at radius 2 is 2.19 bits per heavy atom. The van der Waals surface area contributed by atoms with Crippen LogP contribution in [0, 0.1) is 5.82 Å². The molecule has 4 rings (SSSR count). The van der Waals surface area contributed by atoms with E-state index in [2.05, 4.69) is 15.4 Å². The van der Waals surface area contributed by atoms with Gasteiger partial charge in [0.1, 0.15) is 29.6 Å². The third kappa shape index (κ3) is 2.73. The highest BCUT2D eigenvalue weighted by Crippen LogP contribution is 2.32. The number of nitrogens with zero attached hydrogens (tertiary/aromatic N) is 4. The number of hydrogen-bond donors (Lipinski definition) is 1. The molecule has 134 valence electrons. The molecule has 1 unspecified atom stereocenters. The molecular formula is C18H18FN5O2. The van der Waals surface area contributed by atoms with Gasteiger partial charge in [-0.2, -0.15) is 5.10 Å². The largest absolute Gasteiger partial charge is 0.491 e. The molecule has 3 aromatic rings. The first-order valence-corrected chi connectivity index (χ1v) is 8.32. The molecule has 1 aliphatic heterocycles. The maximum absolute atomic E-state index is 13.8. The fraction of sp³-hybridized carbons (Fsp3) is 0.278. The van der Waals surface area contributed by atoms with Gasteiger partial charge >= 0.3 is 0 Å². The van der Waals surface area contributed by atoms with Crippen LogP contribution in [-0.4, -0.2) is 40.7 Å². The summed E-state index contributed by atoms with van der Waals surface area (Å²) >= 11 is 0. The van der Waals surface area contributed by atoms with Crippen molar-refractivity contribution in [3.8, 4) is 5.75 Å². The van der Waals surface area contributed by atoms with Crippen LogP contribution in [0.25, 0.3) is 5.65 Å². The number of fused-ring (bicyclic) bond motifs is 2. The molecule has 7 nitrogen and oxygen atoms in total. The summed E-state index contributed by atoms with van der Waals surface area (Å²) in [6.07, 6.45) is 3.25. The number of amides is 1. The van der Waals surface area contributed by atoms with Crippen LogP contribution in [0.4, 0.5) is 10.2 Å². The average molecular weight is 355 g/mol. The van der Waals surface area contributed by atoms with Crippen molar-refractivity contribution in [3.05, 3.63) is 53.6 Å². The van der Waals surface area contributed by atoms with Gasteiger partial charge in [0.25, 0.3) is 5.91 Å². The van der Waals surface area contributed by atoms with Crippen LogP contribution < -0.4 is 15.0 Å². The lowest BCUT2D eigenvalue weighted by Crippen LogP contribution is -2.28. The fourth-order valence-corrected chi connectivity index (χ4v) is 3.02. The van der Waals surface area contributed by atoms with Gasteiger partial charge in [0.05, 0.1) is 18.8 Å². The Kier molecular flexibility index (Phi) is 3.95. The minimum atomic E-state index is -0.327. The van der Waals surface area contributed by atoms with E-state index in [0.717, 1.165) is 0 Å². The van der Waals surface area contributed by atoms with Crippen molar-refractivity contribution in [1.29, 1.82) is 0 Å². The highest BCUT2D eigenvalue weighted by Gasteiger charge is 2.21. The number of aromatic nitrogens is 3. The van der Waals surface area contributed by atoms with E-state index in [1.807, 2.05) is 18.9 Å². The van der Waals surface area contributed by atoms with Crippen LogP contribution in [0.2, 0.25) is 0 Å². The molecule has 1 atom stereocenters. The molecule has 0 fully saturated rings. The second-order valence-corrected chi connectivity index (χ2v) is 6.19. The predicted molar refractivity (Wildman–Crippen MR) is 94.0 cm³/mol.